The molecule has 5 heteroatoms. The van der Waals surface area contributed by atoms with Crippen molar-refractivity contribution in [1.82, 2.24) is 14.9 Å². The van der Waals surface area contributed by atoms with Crippen molar-refractivity contribution in [1.29, 1.82) is 0 Å². The van der Waals surface area contributed by atoms with Gasteiger partial charge in [0.25, 0.3) is 0 Å². The van der Waals surface area contributed by atoms with Crippen molar-refractivity contribution in [3.8, 4) is 0 Å². The van der Waals surface area contributed by atoms with Crippen molar-refractivity contribution < 1.29 is 0 Å². The van der Waals surface area contributed by atoms with Crippen LogP contribution in [0.25, 0.3) is 0 Å². The van der Waals surface area contributed by atoms with Gasteiger partial charge >= 0.3 is 0 Å². The van der Waals surface area contributed by atoms with Crippen LogP contribution >= 0.6 is 11.8 Å². The molecule has 0 atom stereocenters. The van der Waals surface area contributed by atoms with Crippen LogP contribution in [0.3, 0.4) is 0 Å². The highest BCUT2D eigenvalue weighted by molar-refractivity contribution is 7.99. The first-order chi connectivity index (χ1) is 8.30. The Bertz CT molecular complexity index is 315. The summed E-state index contributed by atoms with van der Waals surface area (Å²) in [4.78, 5) is 10.8. The van der Waals surface area contributed by atoms with Crippen LogP contribution in [0, 0.1) is 0 Å². The van der Waals surface area contributed by atoms with Crippen LogP contribution in [0.1, 0.15) is 20.8 Å². The quantitative estimate of drug-likeness (QED) is 0.569. The second-order valence-electron chi connectivity index (χ2n) is 3.65. The monoisotopic (exact) mass is 254 g/mol. The minimum atomic E-state index is 0.889. The lowest BCUT2D eigenvalue weighted by molar-refractivity contribution is 0.324. The Hall–Kier alpha value is -0.810. The number of thioether (sulfide) groups is 1. The van der Waals surface area contributed by atoms with Gasteiger partial charge in [-0.1, -0.05) is 13.8 Å². The number of hydrogen-bond acceptors (Lipinski definition) is 5. The molecule has 0 radical (unpaired) electrons. The van der Waals surface area contributed by atoms with Crippen molar-refractivity contribution >= 4 is 17.6 Å². The largest absolute Gasteiger partial charge is 0.370 e. The maximum atomic E-state index is 4.26. The first-order valence-electron chi connectivity index (χ1n) is 6.21. The number of nitrogens with zero attached hydrogens (tertiary/aromatic N) is 3. The molecule has 1 N–H and O–H groups in total. The highest BCUT2D eigenvalue weighted by Gasteiger charge is 2.01. The third-order valence-corrected chi connectivity index (χ3v) is 3.46. The molecule has 17 heavy (non-hydrogen) atoms. The molecule has 1 aromatic rings. The normalized spacial score (nSPS) is 10.8. The Morgan fingerprint density at radius 2 is 2.00 bits per heavy atom. The first-order valence-corrected chi connectivity index (χ1v) is 7.19. The van der Waals surface area contributed by atoms with E-state index < -0.39 is 0 Å². The van der Waals surface area contributed by atoms with Gasteiger partial charge in [0, 0.05) is 24.9 Å². The molecule has 0 bridgehead atoms. The summed E-state index contributed by atoms with van der Waals surface area (Å²) in [6.07, 6.45) is 1.62. The number of anilines is 1. The minimum Gasteiger partial charge on any atom is -0.370 e. The van der Waals surface area contributed by atoms with E-state index >= 15 is 0 Å². The van der Waals surface area contributed by atoms with Crippen LogP contribution in [0.15, 0.2) is 17.4 Å². The highest BCUT2D eigenvalue weighted by Crippen LogP contribution is 2.17. The van der Waals surface area contributed by atoms with E-state index in [0.29, 0.717) is 0 Å². The highest BCUT2D eigenvalue weighted by atomic mass is 32.2. The molecule has 1 aromatic heterocycles. The van der Waals surface area contributed by atoms with Crippen LogP contribution in [0.5, 0.6) is 0 Å². The zero-order valence-electron chi connectivity index (χ0n) is 10.9. The van der Waals surface area contributed by atoms with Gasteiger partial charge in [-0.15, -0.1) is 11.8 Å². The summed E-state index contributed by atoms with van der Waals surface area (Å²) in [5, 5.41) is 4.24. The van der Waals surface area contributed by atoms with Gasteiger partial charge < -0.3 is 10.2 Å². The first kappa shape index (κ1) is 14.3. The van der Waals surface area contributed by atoms with Gasteiger partial charge in [-0.2, -0.15) is 0 Å². The third kappa shape index (κ3) is 5.37. The van der Waals surface area contributed by atoms with Crippen molar-refractivity contribution in [3.63, 3.8) is 0 Å². The molecular formula is C12H22N4S. The number of rotatable bonds is 8. The summed E-state index contributed by atoms with van der Waals surface area (Å²) in [6.45, 7) is 10.7. The summed E-state index contributed by atoms with van der Waals surface area (Å²) < 4.78 is 0. The summed E-state index contributed by atoms with van der Waals surface area (Å²) in [5.41, 5.74) is 0. The average molecular weight is 254 g/mol. The Labute approximate surface area is 108 Å². The van der Waals surface area contributed by atoms with Gasteiger partial charge in [-0.05, 0) is 20.0 Å². The fraction of sp³-hybridized carbons (Fsp3) is 0.667. The lowest BCUT2D eigenvalue weighted by atomic mass is 10.5. The van der Waals surface area contributed by atoms with Crippen molar-refractivity contribution in [2.75, 3.05) is 37.2 Å². The predicted molar refractivity (Wildman–Crippen MR) is 74.7 cm³/mol. The van der Waals surface area contributed by atoms with E-state index in [1.54, 1.807) is 18.1 Å². The molecule has 1 heterocycles. The molecule has 0 fully saturated rings. The van der Waals surface area contributed by atoms with Gasteiger partial charge in [-0.25, -0.2) is 9.97 Å². The summed E-state index contributed by atoms with van der Waals surface area (Å²) in [5.74, 6) is 1.98. The van der Waals surface area contributed by atoms with Crippen molar-refractivity contribution in [3.05, 3.63) is 12.4 Å². The summed E-state index contributed by atoms with van der Waals surface area (Å²) in [6, 6.07) is 2.01. The standard InChI is InChI=1S/C12H22N4S/c1-4-13-11-9-12(15-10-14-11)17-8-7-16(5-2)6-3/h9-10H,4-8H2,1-3H3,(H,13,14,15). The molecule has 0 unspecified atom stereocenters. The molecule has 0 saturated carbocycles. The molecule has 0 aliphatic heterocycles. The third-order valence-electron chi connectivity index (χ3n) is 2.55. The zero-order chi connectivity index (χ0) is 12.5. The molecule has 1 rings (SSSR count). The van der Waals surface area contributed by atoms with Crippen LogP contribution in [-0.4, -0.2) is 46.8 Å². The smallest absolute Gasteiger partial charge is 0.130 e. The molecular weight excluding hydrogens is 232 g/mol. The van der Waals surface area contributed by atoms with E-state index in [-0.39, 0.29) is 0 Å². The van der Waals surface area contributed by atoms with E-state index in [9.17, 15) is 0 Å². The second-order valence-corrected chi connectivity index (χ2v) is 4.76. The lowest BCUT2D eigenvalue weighted by Gasteiger charge is -2.17. The van der Waals surface area contributed by atoms with Crippen molar-refractivity contribution in [2.45, 2.75) is 25.8 Å². The van der Waals surface area contributed by atoms with E-state index in [1.165, 1.54) is 0 Å². The SMILES string of the molecule is CCNc1cc(SCCN(CC)CC)ncn1. The van der Waals surface area contributed by atoms with Gasteiger partial charge in [0.05, 0.1) is 0 Å². The van der Waals surface area contributed by atoms with Crippen LogP contribution < -0.4 is 5.32 Å². The second kappa shape index (κ2) is 8.31. The fourth-order valence-corrected chi connectivity index (χ4v) is 2.39. The molecule has 0 aliphatic carbocycles. The van der Waals surface area contributed by atoms with Gasteiger partial charge in [0.15, 0.2) is 0 Å². The van der Waals surface area contributed by atoms with Crippen LogP contribution in [0.2, 0.25) is 0 Å². The fourth-order valence-electron chi connectivity index (χ4n) is 1.52. The zero-order valence-corrected chi connectivity index (χ0v) is 11.8. The van der Waals surface area contributed by atoms with E-state index in [1.807, 2.05) is 6.07 Å². The number of aromatic nitrogens is 2. The predicted octanol–water partition coefficient (Wildman–Crippen LogP) is 2.34. The number of hydrogen-bond donors (Lipinski definition) is 1. The molecule has 0 amide bonds. The van der Waals surface area contributed by atoms with Crippen LogP contribution in [-0.2, 0) is 0 Å². The van der Waals surface area contributed by atoms with E-state index in [0.717, 1.165) is 42.8 Å². The summed E-state index contributed by atoms with van der Waals surface area (Å²) in [7, 11) is 0. The number of nitrogens with one attached hydrogen (secondary N) is 1. The molecule has 4 nitrogen and oxygen atoms in total. The molecule has 96 valence electrons. The molecule has 0 spiro atoms. The average Bonchev–Trinajstić information content (AvgIpc) is 2.36. The van der Waals surface area contributed by atoms with Gasteiger partial charge in [0.1, 0.15) is 17.2 Å². The Balaban J connectivity index is 2.38. The van der Waals surface area contributed by atoms with E-state index in [4.69, 9.17) is 0 Å². The summed E-state index contributed by atoms with van der Waals surface area (Å²) >= 11 is 1.79. The Morgan fingerprint density at radius 3 is 2.65 bits per heavy atom. The molecule has 0 aromatic carbocycles. The topological polar surface area (TPSA) is 41.0 Å². The molecule has 0 saturated heterocycles. The Morgan fingerprint density at radius 1 is 1.24 bits per heavy atom. The maximum absolute atomic E-state index is 4.26. The van der Waals surface area contributed by atoms with E-state index in [2.05, 4.69) is 41.0 Å². The van der Waals surface area contributed by atoms with Crippen molar-refractivity contribution in [2.24, 2.45) is 0 Å². The van der Waals surface area contributed by atoms with Gasteiger partial charge in [0.2, 0.25) is 0 Å². The van der Waals surface area contributed by atoms with Gasteiger partial charge in [-0.3, -0.25) is 0 Å². The maximum Gasteiger partial charge on any atom is 0.130 e. The lowest BCUT2D eigenvalue weighted by Crippen LogP contribution is -2.25. The van der Waals surface area contributed by atoms with Crippen LogP contribution in [0.4, 0.5) is 5.82 Å². The molecule has 0 aliphatic rings. The Kier molecular flexibility index (Phi) is 6.96. The minimum absolute atomic E-state index is 0.889.